The molecular formula is C16H31N3O2. The molecule has 2 N–H and O–H groups in total. The van der Waals surface area contributed by atoms with Gasteiger partial charge in [-0.05, 0) is 38.1 Å². The molecule has 5 nitrogen and oxygen atoms in total. The molecule has 1 heterocycles. The Morgan fingerprint density at radius 3 is 2.48 bits per heavy atom. The van der Waals surface area contributed by atoms with Gasteiger partial charge in [0.15, 0.2) is 0 Å². The normalized spacial score (nSPS) is 31.2. The van der Waals surface area contributed by atoms with Gasteiger partial charge in [0.2, 0.25) is 0 Å². The van der Waals surface area contributed by atoms with E-state index in [4.69, 9.17) is 10.5 Å². The number of nitrogens with two attached hydrogens (primary N) is 1. The van der Waals surface area contributed by atoms with Gasteiger partial charge in [0.25, 0.3) is 0 Å². The van der Waals surface area contributed by atoms with Gasteiger partial charge in [0, 0.05) is 32.2 Å². The minimum atomic E-state index is -0.164. The molecule has 2 rings (SSSR count). The molecule has 5 heteroatoms. The first-order valence-electron chi connectivity index (χ1n) is 8.55. The van der Waals surface area contributed by atoms with Crippen LogP contribution in [-0.4, -0.2) is 61.3 Å². The summed E-state index contributed by atoms with van der Waals surface area (Å²) in [6.07, 6.45) is 4.98. The molecule has 1 saturated heterocycles. The second kappa shape index (κ2) is 7.99. The van der Waals surface area contributed by atoms with Crippen LogP contribution in [0.25, 0.3) is 0 Å². The summed E-state index contributed by atoms with van der Waals surface area (Å²) >= 11 is 0. The van der Waals surface area contributed by atoms with Crippen LogP contribution in [0.4, 0.5) is 4.79 Å². The Morgan fingerprint density at radius 2 is 1.90 bits per heavy atom. The highest BCUT2D eigenvalue weighted by atomic mass is 16.6. The van der Waals surface area contributed by atoms with Crippen molar-refractivity contribution in [3.8, 4) is 0 Å². The van der Waals surface area contributed by atoms with Crippen LogP contribution in [-0.2, 0) is 4.74 Å². The van der Waals surface area contributed by atoms with Gasteiger partial charge in [-0.25, -0.2) is 4.79 Å². The predicted octanol–water partition coefficient (Wildman–Crippen LogP) is 1.91. The van der Waals surface area contributed by atoms with Crippen LogP contribution in [0.3, 0.4) is 0 Å². The minimum Gasteiger partial charge on any atom is -0.450 e. The molecule has 1 saturated carbocycles. The highest BCUT2D eigenvalue weighted by Gasteiger charge is 2.35. The number of nitrogens with zero attached hydrogens (tertiary/aromatic N) is 2. The van der Waals surface area contributed by atoms with E-state index >= 15 is 0 Å². The Bertz CT molecular complexity index is 329. The monoisotopic (exact) mass is 297 g/mol. The Hall–Kier alpha value is -0.810. The van der Waals surface area contributed by atoms with E-state index in [1.54, 1.807) is 0 Å². The fourth-order valence-electron chi connectivity index (χ4n) is 3.84. The average molecular weight is 297 g/mol. The second-order valence-corrected chi connectivity index (χ2v) is 6.37. The summed E-state index contributed by atoms with van der Waals surface area (Å²) in [5, 5.41) is 0. The zero-order chi connectivity index (χ0) is 15.2. The number of carbonyl (C=O) groups excluding carboxylic acids is 1. The topological polar surface area (TPSA) is 58.8 Å². The lowest BCUT2D eigenvalue weighted by Crippen LogP contribution is -2.55. The lowest BCUT2D eigenvalue weighted by atomic mass is 9.76. The van der Waals surface area contributed by atoms with Gasteiger partial charge in [-0.2, -0.15) is 0 Å². The van der Waals surface area contributed by atoms with E-state index in [1.807, 2.05) is 11.8 Å². The van der Waals surface area contributed by atoms with E-state index < -0.39 is 0 Å². The van der Waals surface area contributed by atoms with Gasteiger partial charge < -0.3 is 15.4 Å². The van der Waals surface area contributed by atoms with Crippen molar-refractivity contribution in [3.63, 3.8) is 0 Å². The van der Waals surface area contributed by atoms with Gasteiger partial charge >= 0.3 is 6.09 Å². The third-order valence-corrected chi connectivity index (χ3v) is 5.25. The van der Waals surface area contributed by atoms with Crippen molar-refractivity contribution >= 4 is 6.09 Å². The summed E-state index contributed by atoms with van der Waals surface area (Å²) in [6, 6.07) is 0.609. The first kappa shape index (κ1) is 16.6. The fourth-order valence-corrected chi connectivity index (χ4v) is 3.84. The van der Waals surface area contributed by atoms with Crippen LogP contribution >= 0.6 is 0 Å². The molecule has 0 aromatic heterocycles. The molecule has 0 aromatic carbocycles. The maximum Gasteiger partial charge on any atom is 0.409 e. The number of carbonyl (C=O) groups is 1. The molecule has 0 radical (unpaired) electrons. The number of hydrogen-bond donors (Lipinski definition) is 1. The van der Waals surface area contributed by atoms with Crippen LogP contribution in [0.1, 0.15) is 39.5 Å². The lowest BCUT2D eigenvalue weighted by molar-refractivity contribution is 0.0307. The van der Waals surface area contributed by atoms with Crippen LogP contribution in [0.2, 0.25) is 0 Å². The largest absolute Gasteiger partial charge is 0.450 e. The standard InChI is InChI=1S/C16H31N3O2/c1-3-13-5-6-14(12-17)15(11-13)18-7-9-19(10-8-18)16(20)21-4-2/h13-15H,3-12,17H2,1-2H3. The van der Waals surface area contributed by atoms with Crippen LogP contribution < -0.4 is 5.73 Å². The third-order valence-electron chi connectivity index (χ3n) is 5.25. The van der Waals surface area contributed by atoms with Crippen LogP contribution in [0, 0.1) is 11.8 Å². The van der Waals surface area contributed by atoms with E-state index in [0.717, 1.165) is 38.6 Å². The number of amides is 1. The fraction of sp³-hybridized carbons (Fsp3) is 0.938. The van der Waals surface area contributed by atoms with E-state index in [1.165, 1.54) is 25.7 Å². The molecule has 0 bridgehead atoms. The molecule has 0 spiro atoms. The second-order valence-electron chi connectivity index (χ2n) is 6.37. The van der Waals surface area contributed by atoms with Crippen molar-refractivity contribution in [2.45, 2.75) is 45.6 Å². The van der Waals surface area contributed by atoms with Crippen molar-refractivity contribution in [1.29, 1.82) is 0 Å². The summed E-state index contributed by atoms with van der Waals surface area (Å²) in [5.74, 6) is 1.47. The number of hydrogen-bond acceptors (Lipinski definition) is 4. The van der Waals surface area contributed by atoms with Crippen molar-refractivity contribution in [1.82, 2.24) is 9.80 Å². The third kappa shape index (κ3) is 4.10. The summed E-state index contributed by atoms with van der Waals surface area (Å²) in [7, 11) is 0. The summed E-state index contributed by atoms with van der Waals surface area (Å²) in [4.78, 5) is 16.2. The van der Waals surface area contributed by atoms with E-state index in [0.29, 0.717) is 18.6 Å². The molecule has 2 aliphatic rings. The molecule has 3 atom stereocenters. The smallest absolute Gasteiger partial charge is 0.409 e. The van der Waals surface area contributed by atoms with E-state index in [2.05, 4.69) is 11.8 Å². The maximum absolute atomic E-state index is 11.8. The van der Waals surface area contributed by atoms with Crippen molar-refractivity contribution in [2.75, 3.05) is 39.3 Å². The Morgan fingerprint density at radius 1 is 1.19 bits per heavy atom. The minimum absolute atomic E-state index is 0.164. The van der Waals surface area contributed by atoms with E-state index in [-0.39, 0.29) is 6.09 Å². The maximum atomic E-state index is 11.8. The van der Waals surface area contributed by atoms with Crippen molar-refractivity contribution in [3.05, 3.63) is 0 Å². The molecule has 3 unspecified atom stereocenters. The predicted molar refractivity (Wildman–Crippen MR) is 84.1 cm³/mol. The van der Waals surface area contributed by atoms with Gasteiger partial charge in [-0.3, -0.25) is 4.90 Å². The van der Waals surface area contributed by atoms with E-state index in [9.17, 15) is 4.79 Å². The van der Waals surface area contributed by atoms with Gasteiger partial charge in [0.05, 0.1) is 6.61 Å². The van der Waals surface area contributed by atoms with Crippen LogP contribution in [0.5, 0.6) is 0 Å². The molecule has 1 amide bonds. The first-order chi connectivity index (χ1) is 10.2. The number of piperazine rings is 1. The van der Waals surface area contributed by atoms with Gasteiger partial charge in [0.1, 0.15) is 0 Å². The van der Waals surface area contributed by atoms with Crippen molar-refractivity contribution in [2.24, 2.45) is 17.6 Å². The lowest BCUT2D eigenvalue weighted by Gasteiger charge is -2.45. The quantitative estimate of drug-likeness (QED) is 0.861. The first-order valence-corrected chi connectivity index (χ1v) is 8.55. The summed E-state index contributed by atoms with van der Waals surface area (Å²) in [5.41, 5.74) is 5.99. The summed E-state index contributed by atoms with van der Waals surface area (Å²) in [6.45, 7) is 8.87. The molecule has 0 aromatic rings. The molecular weight excluding hydrogens is 266 g/mol. The molecule has 122 valence electrons. The Balaban J connectivity index is 1.88. The molecule has 1 aliphatic carbocycles. The highest BCUT2D eigenvalue weighted by Crippen LogP contribution is 2.34. The van der Waals surface area contributed by atoms with Crippen molar-refractivity contribution < 1.29 is 9.53 Å². The molecule has 2 fully saturated rings. The zero-order valence-corrected chi connectivity index (χ0v) is 13.6. The molecule has 1 aliphatic heterocycles. The van der Waals surface area contributed by atoms with Crippen LogP contribution in [0.15, 0.2) is 0 Å². The van der Waals surface area contributed by atoms with Gasteiger partial charge in [-0.15, -0.1) is 0 Å². The average Bonchev–Trinajstić information content (AvgIpc) is 2.54. The Labute approximate surface area is 128 Å². The Kier molecular flexibility index (Phi) is 6.30. The zero-order valence-electron chi connectivity index (χ0n) is 13.6. The van der Waals surface area contributed by atoms with Gasteiger partial charge in [-0.1, -0.05) is 19.8 Å². The summed E-state index contributed by atoms with van der Waals surface area (Å²) < 4.78 is 5.09. The molecule has 21 heavy (non-hydrogen) atoms. The SMILES string of the molecule is CCOC(=O)N1CCN(C2CC(CC)CCC2CN)CC1. The highest BCUT2D eigenvalue weighted by molar-refractivity contribution is 5.67. The number of ether oxygens (including phenoxy) is 1. The number of rotatable bonds is 4.